The first kappa shape index (κ1) is 13.3. The van der Waals surface area contributed by atoms with Crippen molar-refractivity contribution in [2.75, 3.05) is 39.9 Å². The number of likely N-dealkylation sites (N-methyl/N-ethyl adjacent to an activating group) is 2. The number of rotatable bonds is 7. The fourth-order valence-electron chi connectivity index (χ4n) is 2.92. The van der Waals surface area contributed by atoms with E-state index in [-0.39, 0.29) is 0 Å². The Hall–Kier alpha value is -0.120. The van der Waals surface area contributed by atoms with Crippen LogP contribution >= 0.6 is 0 Å². The molecule has 1 saturated heterocycles. The number of nitrogens with one attached hydrogen (secondary N) is 1. The second-order valence-corrected chi connectivity index (χ2v) is 5.78. The van der Waals surface area contributed by atoms with Crippen LogP contribution in [0, 0.1) is 11.8 Å². The van der Waals surface area contributed by atoms with Gasteiger partial charge in [0.2, 0.25) is 0 Å². The lowest BCUT2D eigenvalue weighted by atomic mass is 9.99. The van der Waals surface area contributed by atoms with E-state index >= 15 is 0 Å². The van der Waals surface area contributed by atoms with Crippen LogP contribution in [-0.2, 0) is 4.74 Å². The van der Waals surface area contributed by atoms with Crippen LogP contribution in [-0.4, -0.2) is 50.8 Å². The standard InChI is InChI=1S/C14H28N2O/c1-3-15-14(13-4-5-13)11-16(2)10-12-6-8-17-9-7-12/h12-15H,3-11H2,1-2H3. The molecule has 3 heteroatoms. The molecule has 1 N–H and O–H groups in total. The quantitative estimate of drug-likeness (QED) is 0.733. The van der Waals surface area contributed by atoms with Gasteiger partial charge in [0.25, 0.3) is 0 Å². The number of ether oxygens (including phenoxy) is 1. The second-order valence-electron chi connectivity index (χ2n) is 5.78. The van der Waals surface area contributed by atoms with Crippen molar-refractivity contribution in [3.05, 3.63) is 0 Å². The van der Waals surface area contributed by atoms with E-state index in [0.717, 1.165) is 37.6 Å². The number of hydrogen-bond donors (Lipinski definition) is 1. The number of hydrogen-bond acceptors (Lipinski definition) is 3. The van der Waals surface area contributed by atoms with E-state index in [4.69, 9.17) is 4.74 Å². The first-order valence-electron chi connectivity index (χ1n) is 7.29. The topological polar surface area (TPSA) is 24.5 Å². The highest BCUT2D eigenvalue weighted by Crippen LogP contribution is 2.33. The van der Waals surface area contributed by atoms with Gasteiger partial charge in [0.1, 0.15) is 0 Å². The molecule has 0 aromatic rings. The Kier molecular flexibility index (Phi) is 5.26. The van der Waals surface area contributed by atoms with E-state index < -0.39 is 0 Å². The summed E-state index contributed by atoms with van der Waals surface area (Å²) >= 11 is 0. The van der Waals surface area contributed by atoms with Crippen LogP contribution < -0.4 is 5.32 Å². The van der Waals surface area contributed by atoms with Gasteiger partial charge in [0.05, 0.1) is 0 Å². The van der Waals surface area contributed by atoms with Crippen molar-refractivity contribution in [1.82, 2.24) is 10.2 Å². The molecule has 2 rings (SSSR count). The first-order valence-corrected chi connectivity index (χ1v) is 7.29. The molecule has 0 amide bonds. The average molecular weight is 240 g/mol. The number of nitrogens with zero attached hydrogens (tertiary/aromatic N) is 1. The minimum atomic E-state index is 0.727. The van der Waals surface area contributed by atoms with Crippen molar-refractivity contribution < 1.29 is 4.74 Å². The lowest BCUT2D eigenvalue weighted by molar-refractivity contribution is 0.0544. The molecule has 0 aromatic carbocycles. The Morgan fingerprint density at radius 2 is 1.94 bits per heavy atom. The molecule has 0 bridgehead atoms. The molecule has 0 aromatic heterocycles. The van der Waals surface area contributed by atoms with Gasteiger partial charge in [-0.3, -0.25) is 0 Å². The highest BCUT2D eigenvalue weighted by molar-refractivity contribution is 4.88. The zero-order valence-corrected chi connectivity index (χ0v) is 11.5. The van der Waals surface area contributed by atoms with Crippen LogP contribution in [0.15, 0.2) is 0 Å². The highest BCUT2D eigenvalue weighted by Gasteiger charge is 2.31. The summed E-state index contributed by atoms with van der Waals surface area (Å²) in [4.78, 5) is 2.53. The predicted molar refractivity (Wildman–Crippen MR) is 71.2 cm³/mol. The van der Waals surface area contributed by atoms with Crippen LogP contribution in [0.3, 0.4) is 0 Å². The summed E-state index contributed by atoms with van der Waals surface area (Å²) in [7, 11) is 2.28. The Bertz CT molecular complexity index is 212. The second kappa shape index (κ2) is 6.72. The molecule has 3 nitrogen and oxygen atoms in total. The zero-order chi connectivity index (χ0) is 12.1. The van der Waals surface area contributed by atoms with Crippen molar-refractivity contribution in [3.63, 3.8) is 0 Å². The van der Waals surface area contributed by atoms with E-state index in [1.165, 1.54) is 38.8 Å². The fraction of sp³-hybridized carbons (Fsp3) is 1.00. The Morgan fingerprint density at radius 3 is 2.53 bits per heavy atom. The van der Waals surface area contributed by atoms with Crippen LogP contribution in [0.1, 0.15) is 32.6 Å². The third-order valence-corrected chi connectivity index (χ3v) is 4.08. The van der Waals surface area contributed by atoms with Gasteiger partial charge in [-0.1, -0.05) is 6.92 Å². The average Bonchev–Trinajstić information content (AvgIpc) is 3.13. The van der Waals surface area contributed by atoms with Crippen molar-refractivity contribution in [2.24, 2.45) is 11.8 Å². The third-order valence-electron chi connectivity index (χ3n) is 4.08. The van der Waals surface area contributed by atoms with Gasteiger partial charge in [-0.05, 0) is 51.1 Å². The van der Waals surface area contributed by atoms with Crippen LogP contribution in [0.5, 0.6) is 0 Å². The van der Waals surface area contributed by atoms with E-state index in [2.05, 4.69) is 24.2 Å². The summed E-state index contributed by atoms with van der Waals surface area (Å²) < 4.78 is 5.42. The molecule has 2 fully saturated rings. The predicted octanol–water partition coefficient (Wildman–Crippen LogP) is 1.73. The summed E-state index contributed by atoms with van der Waals surface area (Å²) in [5.41, 5.74) is 0. The molecule has 1 saturated carbocycles. The molecule has 2 aliphatic rings. The van der Waals surface area contributed by atoms with Crippen molar-refractivity contribution in [2.45, 2.75) is 38.6 Å². The molecule has 100 valence electrons. The molecule has 1 aliphatic carbocycles. The molecule has 1 unspecified atom stereocenters. The monoisotopic (exact) mass is 240 g/mol. The maximum Gasteiger partial charge on any atom is 0.0469 e. The van der Waals surface area contributed by atoms with E-state index in [1.807, 2.05) is 0 Å². The lowest BCUT2D eigenvalue weighted by Gasteiger charge is -2.30. The lowest BCUT2D eigenvalue weighted by Crippen LogP contribution is -2.42. The van der Waals surface area contributed by atoms with Gasteiger partial charge >= 0.3 is 0 Å². The van der Waals surface area contributed by atoms with Crippen LogP contribution in [0.4, 0.5) is 0 Å². The molecular formula is C14H28N2O. The van der Waals surface area contributed by atoms with E-state index in [0.29, 0.717) is 0 Å². The van der Waals surface area contributed by atoms with Crippen LogP contribution in [0.25, 0.3) is 0 Å². The normalized spacial score (nSPS) is 24.2. The highest BCUT2D eigenvalue weighted by atomic mass is 16.5. The summed E-state index contributed by atoms with van der Waals surface area (Å²) in [6, 6.07) is 0.727. The molecule has 0 radical (unpaired) electrons. The molecule has 1 heterocycles. The minimum Gasteiger partial charge on any atom is -0.381 e. The maximum atomic E-state index is 5.42. The summed E-state index contributed by atoms with van der Waals surface area (Å²) in [5, 5.41) is 3.65. The summed E-state index contributed by atoms with van der Waals surface area (Å²) in [6.45, 7) is 7.73. The van der Waals surface area contributed by atoms with Gasteiger partial charge in [0, 0.05) is 32.3 Å². The molecule has 0 spiro atoms. The van der Waals surface area contributed by atoms with Gasteiger partial charge in [-0.15, -0.1) is 0 Å². The third kappa shape index (κ3) is 4.57. The smallest absolute Gasteiger partial charge is 0.0469 e. The largest absolute Gasteiger partial charge is 0.381 e. The van der Waals surface area contributed by atoms with Gasteiger partial charge in [-0.25, -0.2) is 0 Å². The summed E-state index contributed by atoms with van der Waals surface area (Å²) in [6.07, 6.45) is 5.37. The Morgan fingerprint density at radius 1 is 1.24 bits per heavy atom. The van der Waals surface area contributed by atoms with Crippen LogP contribution in [0.2, 0.25) is 0 Å². The van der Waals surface area contributed by atoms with Crippen molar-refractivity contribution in [1.29, 1.82) is 0 Å². The molecule has 1 aliphatic heterocycles. The van der Waals surface area contributed by atoms with Gasteiger partial charge in [0.15, 0.2) is 0 Å². The first-order chi connectivity index (χ1) is 8.29. The maximum absolute atomic E-state index is 5.42. The van der Waals surface area contributed by atoms with Crippen molar-refractivity contribution >= 4 is 0 Å². The zero-order valence-electron chi connectivity index (χ0n) is 11.5. The summed E-state index contributed by atoms with van der Waals surface area (Å²) in [5.74, 6) is 1.81. The van der Waals surface area contributed by atoms with Gasteiger partial charge < -0.3 is 15.0 Å². The van der Waals surface area contributed by atoms with Crippen molar-refractivity contribution in [3.8, 4) is 0 Å². The SMILES string of the molecule is CCNC(CN(C)CC1CCOCC1)C1CC1. The van der Waals surface area contributed by atoms with Gasteiger partial charge in [-0.2, -0.15) is 0 Å². The molecule has 1 atom stereocenters. The Balaban J connectivity index is 1.68. The minimum absolute atomic E-state index is 0.727. The molecule has 17 heavy (non-hydrogen) atoms. The molecular weight excluding hydrogens is 212 g/mol. The van der Waals surface area contributed by atoms with E-state index in [9.17, 15) is 0 Å². The van der Waals surface area contributed by atoms with E-state index in [1.54, 1.807) is 0 Å². The fourth-order valence-corrected chi connectivity index (χ4v) is 2.92. The Labute approximate surface area is 106 Å².